The fourth-order valence-electron chi connectivity index (χ4n) is 0.951. The predicted octanol–water partition coefficient (Wildman–Crippen LogP) is 2.84. The van der Waals surface area contributed by atoms with Crippen molar-refractivity contribution in [3.63, 3.8) is 0 Å². The molecule has 0 bridgehead atoms. The third kappa shape index (κ3) is 3.18. The number of benzene rings is 1. The Bertz CT molecular complexity index is 271. The zero-order valence-corrected chi connectivity index (χ0v) is 8.87. The van der Waals surface area contributed by atoms with E-state index in [0.717, 1.165) is 0 Å². The number of thiol groups is 1. The average Bonchev–Trinajstić information content (AvgIpc) is 2.03. The topological polar surface area (TPSA) is 12.0 Å². The number of hydrogen-bond donors (Lipinski definition) is 2. The van der Waals surface area contributed by atoms with Crippen molar-refractivity contribution < 1.29 is 4.39 Å². The van der Waals surface area contributed by atoms with E-state index in [9.17, 15) is 4.39 Å². The molecule has 72 valence electrons. The van der Waals surface area contributed by atoms with Crippen LogP contribution in [0.3, 0.4) is 0 Å². The molecular weight excluding hydrogens is 209 g/mol. The smallest absolute Gasteiger partial charge is 0.129 e. The molecule has 0 saturated heterocycles. The van der Waals surface area contributed by atoms with Crippen LogP contribution in [0, 0.1) is 5.82 Å². The van der Waals surface area contributed by atoms with Gasteiger partial charge in [-0.15, -0.1) is 0 Å². The second kappa shape index (κ2) is 4.84. The maximum absolute atomic E-state index is 13.2. The number of rotatable bonds is 3. The second-order valence-corrected chi connectivity index (χ2v) is 3.94. The lowest BCUT2D eigenvalue weighted by Crippen LogP contribution is -2.20. The minimum atomic E-state index is -0.283. The first kappa shape index (κ1) is 10.8. The van der Waals surface area contributed by atoms with Crippen LogP contribution < -0.4 is 5.32 Å². The molecular formula is C9H11ClFNS. The molecule has 4 heteroatoms. The first-order chi connectivity index (χ1) is 6.11. The van der Waals surface area contributed by atoms with Crippen LogP contribution in [-0.4, -0.2) is 5.37 Å². The molecule has 1 aromatic rings. The molecule has 1 aromatic carbocycles. The molecule has 0 radical (unpaired) electrons. The SMILES string of the molecule is CC(S)NCc1c(F)cccc1Cl. The Hall–Kier alpha value is -0.250. The molecule has 13 heavy (non-hydrogen) atoms. The van der Waals surface area contributed by atoms with E-state index in [4.69, 9.17) is 11.6 Å². The summed E-state index contributed by atoms with van der Waals surface area (Å²) in [5.74, 6) is -0.283. The molecule has 0 heterocycles. The molecule has 0 amide bonds. The summed E-state index contributed by atoms with van der Waals surface area (Å²) in [4.78, 5) is 0. The Morgan fingerprint density at radius 2 is 2.31 bits per heavy atom. The summed E-state index contributed by atoms with van der Waals surface area (Å²) in [6.45, 7) is 2.27. The van der Waals surface area contributed by atoms with E-state index in [1.54, 1.807) is 12.1 Å². The van der Waals surface area contributed by atoms with Gasteiger partial charge in [-0.25, -0.2) is 4.39 Å². The number of halogens is 2. The van der Waals surface area contributed by atoms with E-state index in [0.29, 0.717) is 17.1 Å². The van der Waals surface area contributed by atoms with Gasteiger partial charge in [0.1, 0.15) is 5.82 Å². The van der Waals surface area contributed by atoms with E-state index in [1.807, 2.05) is 6.92 Å². The van der Waals surface area contributed by atoms with E-state index in [2.05, 4.69) is 17.9 Å². The molecule has 0 aliphatic heterocycles. The summed E-state index contributed by atoms with van der Waals surface area (Å²) in [5, 5.41) is 3.45. The molecule has 0 aliphatic rings. The minimum Gasteiger partial charge on any atom is -0.301 e. The first-order valence-corrected chi connectivity index (χ1v) is 4.85. The Balaban J connectivity index is 2.75. The van der Waals surface area contributed by atoms with Crippen molar-refractivity contribution >= 4 is 24.2 Å². The van der Waals surface area contributed by atoms with Gasteiger partial charge in [0, 0.05) is 22.5 Å². The summed E-state index contributed by atoms with van der Waals surface area (Å²) < 4.78 is 13.2. The van der Waals surface area contributed by atoms with Gasteiger partial charge in [-0.2, -0.15) is 12.6 Å². The van der Waals surface area contributed by atoms with Gasteiger partial charge < -0.3 is 5.32 Å². The highest BCUT2D eigenvalue weighted by Gasteiger charge is 2.06. The van der Waals surface area contributed by atoms with E-state index in [1.165, 1.54) is 6.07 Å². The summed E-state index contributed by atoms with van der Waals surface area (Å²) in [6, 6.07) is 4.65. The normalized spacial score (nSPS) is 12.9. The Labute approximate surface area is 87.7 Å². The van der Waals surface area contributed by atoms with E-state index in [-0.39, 0.29) is 11.2 Å². The molecule has 0 aromatic heterocycles. The third-order valence-electron chi connectivity index (χ3n) is 1.64. The minimum absolute atomic E-state index is 0.0238. The highest BCUT2D eigenvalue weighted by Crippen LogP contribution is 2.18. The molecule has 1 nitrogen and oxygen atoms in total. The van der Waals surface area contributed by atoms with E-state index >= 15 is 0 Å². The van der Waals surface area contributed by atoms with Crippen LogP contribution >= 0.6 is 24.2 Å². The van der Waals surface area contributed by atoms with Crippen molar-refractivity contribution in [1.82, 2.24) is 5.32 Å². The van der Waals surface area contributed by atoms with Gasteiger partial charge in [-0.1, -0.05) is 17.7 Å². The summed E-state index contributed by atoms with van der Waals surface area (Å²) in [6.07, 6.45) is 0. The highest BCUT2D eigenvalue weighted by molar-refractivity contribution is 7.80. The summed E-state index contributed by atoms with van der Waals surface area (Å²) >= 11 is 9.93. The lowest BCUT2D eigenvalue weighted by molar-refractivity contribution is 0.588. The summed E-state index contributed by atoms with van der Waals surface area (Å²) in [5.41, 5.74) is 0.491. The quantitative estimate of drug-likeness (QED) is 0.589. The lowest BCUT2D eigenvalue weighted by Gasteiger charge is -2.09. The molecule has 0 fully saturated rings. The van der Waals surface area contributed by atoms with Crippen LogP contribution in [0.25, 0.3) is 0 Å². The van der Waals surface area contributed by atoms with Gasteiger partial charge in [0.05, 0.1) is 0 Å². The fraction of sp³-hybridized carbons (Fsp3) is 0.333. The molecule has 0 spiro atoms. The zero-order chi connectivity index (χ0) is 9.84. The molecule has 1 rings (SSSR count). The van der Waals surface area contributed by atoms with Gasteiger partial charge >= 0.3 is 0 Å². The van der Waals surface area contributed by atoms with Crippen molar-refractivity contribution in [3.05, 3.63) is 34.6 Å². The van der Waals surface area contributed by atoms with Gasteiger partial charge in [0.25, 0.3) is 0 Å². The van der Waals surface area contributed by atoms with Crippen molar-refractivity contribution in [3.8, 4) is 0 Å². The Morgan fingerprint density at radius 1 is 1.62 bits per heavy atom. The number of nitrogens with one attached hydrogen (secondary N) is 1. The van der Waals surface area contributed by atoms with Gasteiger partial charge in [-0.3, -0.25) is 0 Å². The van der Waals surface area contributed by atoms with Gasteiger partial charge in [0.15, 0.2) is 0 Å². The first-order valence-electron chi connectivity index (χ1n) is 3.95. The molecule has 0 aliphatic carbocycles. The monoisotopic (exact) mass is 219 g/mol. The second-order valence-electron chi connectivity index (χ2n) is 2.76. The van der Waals surface area contributed by atoms with Crippen LogP contribution in [0.4, 0.5) is 4.39 Å². The van der Waals surface area contributed by atoms with Crippen molar-refractivity contribution in [2.75, 3.05) is 0 Å². The maximum Gasteiger partial charge on any atom is 0.129 e. The van der Waals surface area contributed by atoms with Crippen LogP contribution in [0.2, 0.25) is 5.02 Å². The fourth-order valence-corrected chi connectivity index (χ4v) is 1.27. The van der Waals surface area contributed by atoms with Gasteiger partial charge in [0.2, 0.25) is 0 Å². The van der Waals surface area contributed by atoms with Crippen LogP contribution in [0.5, 0.6) is 0 Å². The highest BCUT2D eigenvalue weighted by atomic mass is 35.5. The van der Waals surface area contributed by atoms with Crippen LogP contribution in [0.1, 0.15) is 12.5 Å². The molecule has 0 saturated carbocycles. The third-order valence-corrected chi connectivity index (χ3v) is 2.17. The van der Waals surface area contributed by atoms with Crippen molar-refractivity contribution in [2.24, 2.45) is 0 Å². The van der Waals surface area contributed by atoms with Gasteiger partial charge in [-0.05, 0) is 19.1 Å². The van der Waals surface area contributed by atoms with E-state index < -0.39 is 0 Å². The van der Waals surface area contributed by atoms with Crippen LogP contribution in [0.15, 0.2) is 18.2 Å². The van der Waals surface area contributed by atoms with Crippen molar-refractivity contribution in [1.29, 1.82) is 0 Å². The largest absolute Gasteiger partial charge is 0.301 e. The Morgan fingerprint density at radius 3 is 2.85 bits per heavy atom. The van der Waals surface area contributed by atoms with Crippen molar-refractivity contribution in [2.45, 2.75) is 18.8 Å². The zero-order valence-electron chi connectivity index (χ0n) is 7.22. The molecule has 1 unspecified atom stereocenters. The number of hydrogen-bond acceptors (Lipinski definition) is 2. The lowest BCUT2D eigenvalue weighted by atomic mass is 10.2. The molecule has 1 N–H and O–H groups in total. The predicted molar refractivity (Wildman–Crippen MR) is 56.7 cm³/mol. The summed E-state index contributed by atoms with van der Waals surface area (Å²) in [7, 11) is 0. The maximum atomic E-state index is 13.2. The average molecular weight is 220 g/mol. The molecule has 1 atom stereocenters. The standard InChI is InChI=1S/C9H11ClFNS/c1-6(13)12-5-7-8(10)3-2-4-9(7)11/h2-4,6,12-13H,5H2,1H3. The Kier molecular flexibility index (Phi) is 4.03. The van der Waals surface area contributed by atoms with Crippen LogP contribution in [-0.2, 0) is 6.54 Å².